The van der Waals surface area contributed by atoms with Crippen molar-refractivity contribution in [2.45, 2.75) is 108 Å². The van der Waals surface area contributed by atoms with E-state index in [9.17, 15) is 14.4 Å². The molecule has 0 heterocycles. The Kier molecular flexibility index (Phi) is 11.9. The third-order valence-corrected chi connectivity index (χ3v) is 4.31. The van der Waals surface area contributed by atoms with Crippen LogP contribution in [0.4, 0.5) is 0 Å². The molecule has 0 rings (SSSR count). The summed E-state index contributed by atoms with van der Waals surface area (Å²) >= 11 is 0. The predicted molar refractivity (Wildman–Crippen MR) is 124 cm³/mol. The minimum absolute atomic E-state index is 0.0696. The predicted octanol–water partition coefficient (Wildman–Crippen LogP) is 5.01. The zero-order chi connectivity index (χ0) is 24.6. The lowest BCUT2D eigenvalue weighted by Gasteiger charge is -2.24. The molecule has 0 aliphatic heterocycles. The van der Waals surface area contributed by atoms with Crippen LogP contribution in [0.2, 0.25) is 0 Å². The van der Waals surface area contributed by atoms with Crippen LogP contribution in [0.5, 0.6) is 0 Å². The summed E-state index contributed by atoms with van der Waals surface area (Å²) in [6, 6.07) is -0.791. The Morgan fingerprint density at radius 1 is 0.700 bits per heavy atom. The number of carbonyl (C=O) groups excluding carboxylic acids is 2. The molecule has 0 aromatic carbocycles. The Bertz CT molecular complexity index is 556. The summed E-state index contributed by atoms with van der Waals surface area (Å²) in [5, 5.41) is 14.6. The molecule has 0 saturated carbocycles. The van der Waals surface area contributed by atoms with E-state index >= 15 is 0 Å². The van der Waals surface area contributed by atoms with Gasteiger partial charge in [0.05, 0.1) is 0 Å². The van der Waals surface area contributed by atoms with Gasteiger partial charge >= 0.3 is 5.97 Å². The van der Waals surface area contributed by atoms with E-state index in [1.54, 1.807) is 20.8 Å². The van der Waals surface area contributed by atoms with Gasteiger partial charge in [-0.25, -0.2) is 4.79 Å². The molecule has 30 heavy (non-hydrogen) atoms. The lowest BCUT2D eigenvalue weighted by atomic mass is 9.88. The fourth-order valence-electron chi connectivity index (χ4n) is 2.03. The fraction of sp³-hybridized carbons (Fsp3) is 0.875. The van der Waals surface area contributed by atoms with Gasteiger partial charge < -0.3 is 15.7 Å². The van der Waals surface area contributed by atoms with Crippen LogP contribution in [-0.2, 0) is 14.4 Å². The SMILES string of the molecule is CC(C)(C)CCC(NC(=O)C(C)(C)C)C(=O)O.CC(C)(C)CCNC(=O)C(C)(C)C. The molecule has 6 nitrogen and oxygen atoms in total. The summed E-state index contributed by atoms with van der Waals surface area (Å²) in [7, 11) is 0. The number of aliphatic carboxylic acids is 1. The molecule has 0 aliphatic rings. The lowest BCUT2D eigenvalue weighted by Crippen LogP contribution is -2.46. The van der Waals surface area contributed by atoms with Crippen LogP contribution in [-0.4, -0.2) is 35.5 Å². The Morgan fingerprint density at radius 3 is 1.40 bits per heavy atom. The Morgan fingerprint density at radius 2 is 1.10 bits per heavy atom. The molecule has 2 amide bonds. The van der Waals surface area contributed by atoms with Gasteiger partial charge in [0.1, 0.15) is 6.04 Å². The quantitative estimate of drug-likeness (QED) is 0.554. The minimum Gasteiger partial charge on any atom is -0.480 e. The minimum atomic E-state index is -0.966. The first-order valence-electron chi connectivity index (χ1n) is 10.9. The molecule has 178 valence electrons. The first-order chi connectivity index (χ1) is 13.1. The number of rotatable bonds is 6. The molecular formula is C24H48N2O4. The van der Waals surface area contributed by atoms with Gasteiger partial charge in [-0.2, -0.15) is 0 Å². The molecule has 0 aromatic heterocycles. The number of carboxylic acid groups (broad SMARTS) is 1. The number of amides is 2. The molecule has 1 atom stereocenters. The van der Waals surface area contributed by atoms with Gasteiger partial charge in [0.2, 0.25) is 11.8 Å². The van der Waals surface area contributed by atoms with E-state index in [1.807, 2.05) is 20.8 Å². The van der Waals surface area contributed by atoms with Crippen LogP contribution in [0, 0.1) is 21.7 Å². The van der Waals surface area contributed by atoms with Gasteiger partial charge in [-0.1, -0.05) is 83.1 Å². The van der Waals surface area contributed by atoms with Gasteiger partial charge in [0.15, 0.2) is 0 Å². The van der Waals surface area contributed by atoms with Crippen LogP contribution >= 0.6 is 0 Å². The third kappa shape index (κ3) is 17.3. The van der Waals surface area contributed by atoms with E-state index in [2.05, 4.69) is 52.2 Å². The van der Waals surface area contributed by atoms with Crippen molar-refractivity contribution in [1.82, 2.24) is 10.6 Å². The number of nitrogens with one attached hydrogen (secondary N) is 2. The maximum absolute atomic E-state index is 11.7. The Hall–Kier alpha value is -1.59. The van der Waals surface area contributed by atoms with Gasteiger partial charge in [-0.05, 0) is 30.1 Å². The summed E-state index contributed by atoms with van der Waals surface area (Å²) in [6.07, 6.45) is 2.24. The molecule has 6 heteroatoms. The number of hydrogen-bond donors (Lipinski definition) is 3. The molecule has 1 unspecified atom stereocenters. The first-order valence-corrected chi connectivity index (χ1v) is 10.9. The van der Waals surface area contributed by atoms with Crippen molar-refractivity contribution < 1.29 is 19.5 Å². The highest BCUT2D eigenvalue weighted by molar-refractivity contribution is 5.86. The monoisotopic (exact) mass is 428 g/mol. The molecule has 0 fully saturated rings. The Labute approximate surface area is 185 Å². The zero-order valence-electron chi connectivity index (χ0n) is 21.6. The highest BCUT2D eigenvalue weighted by Gasteiger charge is 2.28. The summed E-state index contributed by atoms with van der Waals surface area (Å²) in [6.45, 7) is 24.6. The summed E-state index contributed by atoms with van der Waals surface area (Å²) in [4.78, 5) is 34.2. The van der Waals surface area contributed by atoms with Crippen molar-refractivity contribution in [2.24, 2.45) is 21.7 Å². The standard InChI is InChI=1S/C13H25NO3.C11H23NO/c1-12(2,3)8-7-9(10(15)16)14-11(17)13(4,5)6;1-10(2,3)7-8-12-9(13)11(4,5)6/h9H,7-8H2,1-6H3,(H,14,17)(H,15,16);7-8H2,1-6H3,(H,12,13). The van der Waals surface area contributed by atoms with Gasteiger partial charge in [-0.3, -0.25) is 9.59 Å². The van der Waals surface area contributed by atoms with Gasteiger partial charge in [0, 0.05) is 17.4 Å². The summed E-state index contributed by atoms with van der Waals surface area (Å²) < 4.78 is 0. The number of hydrogen-bond acceptors (Lipinski definition) is 3. The highest BCUT2D eigenvalue weighted by Crippen LogP contribution is 2.22. The molecule has 0 spiro atoms. The van der Waals surface area contributed by atoms with Crippen molar-refractivity contribution >= 4 is 17.8 Å². The summed E-state index contributed by atoms with van der Waals surface area (Å²) in [5.41, 5.74) is -0.460. The maximum Gasteiger partial charge on any atom is 0.326 e. The van der Waals surface area contributed by atoms with Crippen molar-refractivity contribution in [3.63, 3.8) is 0 Å². The zero-order valence-corrected chi connectivity index (χ0v) is 21.6. The van der Waals surface area contributed by atoms with E-state index in [4.69, 9.17) is 5.11 Å². The topological polar surface area (TPSA) is 95.5 Å². The fourth-order valence-corrected chi connectivity index (χ4v) is 2.03. The van der Waals surface area contributed by atoms with E-state index < -0.39 is 17.4 Å². The highest BCUT2D eigenvalue weighted by atomic mass is 16.4. The second-order valence-electron chi connectivity index (χ2n) is 12.5. The van der Waals surface area contributed by atoms with Crippen molar-refractivity contribution in [2.75, 3.05) is 6.54 Å². The second kappa shape index (κ2) is 11.7. The van der Waals surface area contributed by atoms with Crippen LogP contribution in [0.3, 0.4) is 0 Å². The average molecular weight is 429 g/mol. The van der Waals surface area contributed by atoms with Crippen molar-refractivity contribution in [1.29, 1.82) is 0 Å². The Balaban J connectivity index is 0. The second-order valence-corrected chi connectivity index (χ2v) is 12.5. The smallest absolute Gasteiger partial charge is 0.326 e. The number of carboxylic acids is 1. The van der Waals surface area contributed by atoms with Crippen molar-refractivity contribution in [3.8, 4) is 0 Å². The molecule has 0 aliphatic carbocycles. The van der Waals surface area contributed by atoms with E-state index in [-0.39, 0.29) is 22.6 Å². The molecular weight excluding hydrogens is 380 g/mol. The number of carbonyl (C=O) groups is 3. The van der Waals surface area contributed by atoms with Crippen LogP contribution in [0.15, 0.2) is 0 Å². The largest absolute Gasteiger partial charge is 0.480 e. The van der Waals surface area contributed by atoms with E-state index in [0.717, 1.165) is 19.4 Å². The first kappa shape index (κ1) is 30.6. The van der Waals surface area contributed by atoms with E-state index in [0.29, 0.717) is 11.8 Å². The van der Waals surface area contributed by atoms with Crippen LogP contribution in [0.1, 0.15) is 102 Å². The van der Waals surface area contributed by atoms with E-state index in [1.165, 1.54) is 0 Å². The molecule has 3 N–H and O–H groups in total. The molecule has 0 radical (unpaired) electrons. The summed E-state index contributed by atoms with van der Waals surface area (Å²) in [5.74, 6) is -1.05. The maximum atomic E-state index is 11.7. The van der Waals surface area contributed by atoms with Gasteiger partial charge in [-0.15, -0.1) is 0 Å². The molecule has 0 aromatic rings. The van der Waals surface area contributed by atoms with Crippen LogP contribution in [0.25, 0.3) is 0 Å². The lowest BCUT2D eigenvalue weighted by molar-refractivity contribution is -0.143. The third-order valence-electron chi connectivity index (χ3n) is 4.31. The van der Waals surface area contributed by atoms with Gasteiger partial charge in [0.25, 0.3) is 0 Å². The molecule has 0 saturated heterocycles. The normalized spacial score (nSPS) is 13.6. The average Bonchev–Trinajstić information content (AvgIpc) is 2.47. The van der Waals surface area contributed by atoms with Crippen molar-refractivity contribution in [3.05, 3.63) is 0 Å². The molecule has 0 bridgehead atoms. The van der Waals surface area contributed by atoms with Crippen LogP contribution < -0.4 is 10.6 Å².